The van der Waals surface area contributed by atoms with Gasteiger partial charge in [0.1, 0.15) is 0 Å². The fourth-order valence-corrected chi connectivity index (χ4v) is 3.22. The van der Waals surface area contributed by atoms with Gasteiger partial charge in [-0.3, -0.25) is 4.79 Å². The maximum atomic E-state index is 12.0. The number of benzene rings is 2. The van der Waals surface area contributed by atoms with E-state index in [9.17, 15) is 4.79 Å². The highest BCUT2D eigenvalue weighted by Crippen LogP contribution is 2.24. The molecule has 1 aromatic heterocycles. The van der Waals surface area contributed by atoms with Gasteiger partial charge >= 0.3 is 0 Å². The highest BCUT2D eigenvalue weighted by Gasteiger charge is 2.08. The fourth-order valence-electron chi connectivity index (χ4n) is 2.36. The third-order valence-electron chi connectivity index (χ3n) is 3.60. The molecule has 122 valence electrons. The van der Waals surface area contributed by atoms with Crippen LogP contribution in [-0.2, 0) is 11.2 Å². The van der Waals surface area contributed by atoms with Crippen molar-refractivity contribution in [2.75, 3.05) is 5.32 Å². The van der Waals surface area contributed by atoms with Crippen LogP contribution < -0.4 is 5.32 Å². The van der Waals surface area contributed by atoms with Crippen molar-refractivity contribution in [3.05, 3.63) is 70.6 Å². The van der Waals surface area contributed by atoms with Crippen molar-refractivity contribution in [2.24, 2.45) is 0 Å². The van der Waals surface area contributed by atoms with E-state index in [4.69, 9.17) is 11.6 Å². The quantitative estimate of drug-likeness (QED) is 0.640. The maximum absolute atomic E-state index is 12.0. The molecule has 3 nitrogen and oxygen atoms in total. The third-order valence-corrected chi connectivity index (χ3v) is 4.61. The minimum atomic E-state index is -0.00192. The summed E-state index contributed by atoms with van der Waals surface area (Å²) < 4.78 is 0. The average molecular weight is 357 g/mol. The highest BCUT2D eigenvalue weighted by molar-refractivity contribution is 7.14. The molecular weight excluding hydrogens is 340 g/mol. The zero-order chi connectivity index (χ0) is 16.8. The van der Waals surface area contributed by atoms with E-state index in [1.165, 1.54) is 16.9 Å². The van der Waals surface area contributed by atoms with Gasteiger partial charge in [-0.2, -0.15) is 0 Å². The molecule has 24 heavy (non-hydrogen) atoms. The predicted molar refractivity (Wildman–Crippen MR) is 101 cm³/mol. The van der Waals surface area contributed by atoms with Gasteiger partial charge in [-0.25, -0.2) is 4.98 Å². The van der Waals surface area contributed by atoms with E-state index in [1.807, 2.05) is 60.0 Å². The van der Waals surface area contributed by atoms with Crippen molar-refractivity contribution in [2.45, 2.75) is 19.3 Å². The lowest BCUT2D eigenvalue weighted by Gasteiger charge is -2.03. The number of hydrogen-bond acceptors (Lipinski definition) is 3. The number of aryl methyl sites for hydroxylation is 1. The van der Waals surface area contributed by atoms with Gasteiger partial charge in [0.15, 0.2) is 5.13 Å². The number of rotatable bonds is 6. The molecule has 2 aromatic carbocycles. The van der Waals surface area contributed by atoms with E-state index >= 15 is 0 Å². The molecule has 0 aliphatic rings. The number of carbonyl (C=O) groups is 1. The van der Waals surface area contributed by atoms with Gasteiger partial charge in [0, 0.05) is 22.4 Å². The zero-order valence-electron chi connectivity index (χ0n) is 13.0. The van der Waals surface area contributed by atoms with Crippen molar-refractivity contribution in [1.29, 1.82) is 0 Å². The summed E-state index contributed by atoms with van der Waals surface area (Å²) in [4.78, 5) is 16.5. The van der Waals surface area contributed by atoms with Crippen LogP contribution in [0.3, 0.4) is 0 Å². The summed E-state index contributed by atoms with van der Waals surface area (Å²) in [5, 5.41) is 6.21. The summed E-state index contributed by atoms with van der Waals surface area (Å²) in [6, 6.07) is 17.7. The molecule has 5 heteroatoms. The third kappa shape index (κ3) is 4.66. The Labute approximate surface area is 150 Å². The van der Waals surface area contributed by atoms with Gasteiger partial charge in [-0.15, -0.1) is 11.3 Å². The summed E-state index contributed by atoms with van der Waals surface area (Å²) in [5.74, 6) is -0.00192. The molecule has 3 rings (SSSR count). The van der Waals surface area contributed by atoms with Crippen molar-refractivity contribution in [1.82, 2.24) is 4.98 Å². The van der Waals surface area contributed by atoms with Crippen LogP contribution in [0.1, 0.15) is 18.4 Å². The van der Waals surface area contributed by atoms with Crippen molar-refractivity contribution in [3.8, 4) is 11.3 Å². The molecule has 0 spiro atoms. The van der Waals surface area contributed by atoms with Crippen LogP contribution in [-0.4, -0.2) is 10.9 Å². The van der Waals surface area contributed by atoms with Gasteiger partial charge in [0.05, 0.1) is 5.69 Å². The molecule has 3 aromatic rings. The number of aromatic nitrogens is 1. The molecule has 0 aliphatic heterocycles. The van der Waals surface area contributed by atoms with Gasteiger partial charge in [-0.1, -0.05) is 54.1 Å². The predicted octanol–water partition coefficient (Wildman–Crippen LogP) is 5.42. The van der Waals surface area contributed by atoms with Crippen molar-refractivity contribution in [3.63, 3.8) is 0 Å². The van der Waals surface area contributed by atoms with Gasteiger partial charge in [0.25, 0.3) is 0 Å². The lowest BCUT2D eigenvalue weighted by Crippen LogP contribution is -2.11. The lowest BCUT2D eigenvalue weighted by molar-refractivity contribution is -0.116. The Morgan fingerprint density at radius 2 is 1.83 bits per heavy atom. The molecule has 1 amide bonds. The molecule has 0 radical (unpaired) electrons. The van der Waals surface area contributed by atoms with Crippen molar-refractivity contribution >= 4 is 34.0 Å². The first-order valence-electron chi connectivity index (χ1n) is 7.76. The average Bonchev–Trinajstić information content (AvgIpc) is 3.06. The van der Waals surface area contributed by atoms with Crippen LogP contribution in [0.5, 0.6) is 0 Å². The molecular formula is C19H17ClN2OS. The molecule has 0 aliphatic carbocycles. The first kappa shape index (κ1) is 16.7. The number of halogens is 1. The summed E-state index contributed by atoms with van der Waals surface area (Å²) in [5.41, 5.74) is 3.13. The second kappa shape index (κ2) is 8.08. The molecule has 0 saturated heterocycles. The molecule has 0 unspecified atom stereocenters. The number of anilines is 1. The van der Waals surface area contributed by atoms with E-state index in [0.29, 0.717) is 11.6 Å². The fraction of sp³-hybridized carbons (Fsp3) is 0.158. The molecule has 0 bridgehead atoms. The molecule has 1 N–H and O–H groups in total. The van der Waals surface area contributed by atoms with Crippen LogP contribution in [0, 0.1) is 0 Å². The molecule has 0 atom stereocenters. The summed E-state index contributed by atoms with van der Waals surface area (Å²) in [7, 11) is 0. The Kier molecular flexibility index (Phi) is 5.62. The van der Waals surface area contributed by atoms with Crippen LogP contribution in [0.4, 0.5) is 5.13 Å². The Bertz CT molecular complexity index is 800. The van der Waals surface area contributed by atoms with E-state index in [-0.39, 0.29) is 5.91 Å². The number of thiazole rings is 1. The number of nitrogens with zero attached hydrogens (tertiary/aromatic N) is 1. The summed E-state index contributed by atoms with van der Waals surface area (Å²) in [6.07, 6.45) is 2.13. The standard InChI is InChI=1S/C19H17ClN2OS/c20-16-11-9-14(10-12-16)5-4-8-18(23)22-19-21-17(13-24-19)15-6-2-1-3-7-15/h1-3,6-7,9-13H,4-5,8H2,(H,21,22,23). The molecule has 1 heterocycles. The monoisotopic (exact) mass is 356 g/mol. The smallest absolute Gasteiger partial charge is 0.226 e. The van der Waals surface area contributed by atoms with Crippen LogP contribution in [0.2, 0.25) is 5.02 Å². The van der Waals surface area contributed by atoms with E-state index in [2.05, 4.69) is 10.3 Å². The van der Waals surface area contributed by atoms with Crippen molar-refractivity contribution < 1.29 is 4.79 Å². The number of amides is 1. The highest BCUT2D eigenvalue weighted by atomic mass is 35.5. The van der Waals surface area contributed by atoms with E-state index in [1.54, 1.807) is 0 Å². The van der Waals surface area contributed by atoms with Gasteiger partial charge in [0.2, 0.25) is 5.91 Å². The first-order valence-corrected chi connectivity index (χ1v) is 9.02. The number of hydrogen-bond donors (Lipinski definition) is 1. The molecule has 0 saturated carbocycles. The topological polar surface area (TPSA) is 42.0 Å². The van der Waals surface area contributed by atoms with E-state index in [0.717, 1.165) is 29.1 Å². The SMILES string of the molecule is O=C(CCCc1ccc(Cl)cc1)Nc1nc(-c2ccccc2)cs1. The van der Waals surface area contributed by atoms with Gasteiger partial charge in [-0.05, 0) is 30.5 Å². The second-order valence-corrected chi connectivity index (χ2v) is 6.73. The number of carbonyl (C=O) groups excluding carboxylic acids is 1. The zero-order valence-corrected chi connectivity index (χ0v) is 14.6. The first-order chi connectivity index (χ1) is 11.7. The largest absolute Gasteiger partial charge is 0.302 e. The Morgan fingerprint density at radius 1 is 1.08 bits per heavy atom. The molecule has 0 fully saturated rings. The normalized spacial score (nSPS) is 10.5. The Morgan fingerprint density at radius 3 is 2.58 bits per heavy atom. The van der Waals surface area contributed by atoms with Gasteiger partial charge < -0.3 is 5.32 Å². The summed E-state index contributed by atoms with van der Waals surface area (Å²) >= 11 is 7.31. The van der Waals surface area contributed by atoms with Crippen LogP contribution in [0.15, 0.2) is 60.0 Å². The minimum Gasteiger partial charge on any atom is -0.302 e. The summed E-state index contributed by atoms with van der Waals surface area (Å²) in [6.45, 7) is 0. The number of nitrogens with one attached hydrogen (secondary N) is 1. The van der Waals surface area contributed by atoms with Crippen LogP contribution >= 0.6 is 22.9 Å². The Hall–Kier alpha value is -2.17. The minimum absolute atomic E-state index is 0.00192. The van der Waals surface area contributed by atoms with Crippen LogP contribution in [0.25, 0.3) is 11.3 Å². The second-order valence-electron chi connectivity index (χ2n) is 5.43. The maximum Gasteiger partial charge on any atom is 0.226 e. The Balaban J connectivity index is 1.48. The van der Waals surface area contributed by atoms with E-state index < -0.39 is 0 Å². The lowest BCUT2D eigenvalue weighted by atomic mass is 10.1.